The van der Waals surface area contributed by atoms with Gasteiger partial charge in [0.2, 0.25) is 0 Å². The zero-order valence-electron chi connectivity index (χ0n) is 15.6. The van der Waals surface area contributed by atoms with Gasteiger partial charge in [-0.2, -0.15) is 0 Å². The Kier molecular flexibility index (Phi) is 8.60. The zero-order chi connectivity index (χ0) is 20.7. The number of aliphatic hydroxyl groups excluding tert-OH is 1. The van der Waals surface area contributed by atoms with Crippen molar-refractivity contribution in [3.05, 3.63) is 0 Å². The summed E-state index contributed by atoms with van der Waals surface area (Å²) in [6.07, 6.45) is -6.18. The maximum absolute atomic E-state index is 11.6. The minimum Gasteiger partial charge on any atom is -0.462 e. The number of carbonyl (C=O) groups is 4. The van der Waals surface area contributed by atoms with Crippen LogP contribution in [0.2, 0.25) is 0 Å². The molecule has 1 rings (SSSR count). The molecule has 154 valence electrons. The molecule has 11 heteroatoms. The second-order valence-corrected chi connectivity index (χ2v) is 6.04. The van der Waals surface area contributed by atoms with Crippen molar-refractivity contribution in [2.24, 2.45) is 5.73 Å². The summed E-state index contributed by atoms with van der Waals surface area (Å²) >= 11 is 0. The van der Waals surface area contributed by atoms with E-state index in [-0.39, 0.29) is 6.42 Å². The molecular weight excluding hydrogens is 366 g/mol. The van der Waals surface area contributed by atoms with Crippen LogP contribution in [0, 0.1) is 0 Å². The number of nitrogens with two attached hydrogens (primary N) is 1. The smallest absolute Gasteiger partial charge is 0.303 e. The molecule has 0 saturated carbocycles. The van der Waals surface area contributed by atoms with Gasteiger partial charge in [0.05, 0.1) is 6.04 Å². The Bertz CT molecular complexity index is 565. The largest absolute Gasteiger partial charge is 0.462 e. The molecule has 0 radical (unpaired) electrons. The third-order valence-corrected chi connectivity index (χ3v) is 3.63. The lowest BCUT2D eigenvalue weighted by atomic mass is 9.92. The van der Waals surface area contributed by atoms with Crippen LogP contribution in [-0.2, 0) is 42.9 Å². The Labute approximate surface area is 156 Å². The molecule has 1 aliphatic rings. The number of hydrogen-bond acceptors (Lipinski definition) is 11. The van der Waals surface area contributed by atoms with Gasteiger partial charge >= 0.3 is 23.9 Å². The molecule has 0 bridgehead atoms. The lowest BCUT2D eigenvalue weighted by Crippen LogP contribution is -2.62. The fraction of sp³-hybridized carbons (Fsp3) is 0.750. The van der Waals surface area contributed by atoms with Crippen molar-refractivity contribution in [1.82, 2.24) is 0 Å². The van der Waals surface area contributed by atoms with Crippen molar-refractivity contribution >= 4 is 23.9 Å². The molecular formula is C16H25NO10. The van der Waals surface area contributed by atoms with E-state index >= 15 is 0 Å². The molecule has 2 unspecified atom stereocenters. The van der Waals surface area contributed by atoms with Gasteiger partial charge < -0.3 is 34.5 Å². The molecule has 3 N–H and O–H groups in total. The van der Waals surface area contributed by atoms with E-state index in [2.05, 4.69) is 0 Å². The first-order valence-corrected chi connectivity index (χ1v) is 8.25. The van der Waals surface area contributed by atoms with E-state index in [1.165, 1.54) is 6.92 Å². The maximum Gasteiger partial charge on any atom is 0.303 e. The second-order valence-electron chi connectivity index (χ2n) is 6.04. The molecule has 0 aromatic rings. The number of hydrogen-bond donors (Lipinski definition) is 2. The highest BCUT2D eigenvalue weighted by Crippen LogP contribution is 2.27. The first-order valence-electron chi connectivity index (χ1n) is 8.25. The molecule has 0 aromatic heterocycles. The summed E-state index contributed by atoms with van der Waals surface area (Å²) in [5.74, 6) is -2.75. The molecule has 0 aromatic carbocycles. The topological polar surface area (TPSA) is 161 Å². The van der Waals surface area contributed by atoms with Gasteiger partial charge in [0.15, 0.2) is 18.5 Å². The molecule has 1 heterocycles. The maximum atomic E-state index is 11.6. The van der Waals surface area contributed by atoms with Crippen LogP contribution in [0.1, 0.15) is 34.1 Å². The van der Waals surface area contributed by atoms with E-state index in [0.29, 0.717) is 0 Å². The average Bonchev–Trinajstić information content (AvgIpc) is 2.51. The van der Waals surface area contributed by atoms with Gasteiger partial charge in [-0.3, -0.25) is 19.2 Å². The van der Waals surface area contributed by atoms with Gasteiger partial charge in [0.25, 0.3) is 0 Å². The first kappa shape index (κ1) is 22.8. The predicted octanol–water partition coefficient (Wildman–Crippen LogP) is -1.22. The Morgan fingerprint density at radius 3 is 2.11 bits per heavy atom. The summed E-state index contributed by atoms with van der Waals surface area (Å²) < 4.78 is 25.6. The summed E-state index contributed by atoms with van der Waals surface area (Å²) in [6.45, 7) is 4.11. The zero-order valence-corrected chi connectivity index (χ0v) is 15.6. The van der Waals surface area contributed by atoms with Crippen molar-refractivity contribution in [3.8, 4) is 0 Å². The first-order chi connectivity index (χ1) is 12.5. The lowest BCUT2D eigenvalue weighted by Gasteiger charge is -2.42. The van der Waals surface area contributed by atoms with Crippen LogP contribution in [0.5, 0.6) is 0 Å². The van der Waals surface area contributed by atoms with E-state index in [0.717, 1.165) is 20.8 Å². The molecule has 0 aliphatic carbocycles. The van der Waals surface area contributed by atoms with Crippen LogP contribution in [0.25, 0.3) is 0 Å². The van der Waals surface area contributed by atoms with E-state index in [1.54, 1.807) is 0 Å². The number of esters is 4. The molecule has 0 spiro atoms. The third-order valence-electron chi connectivity index (χ3n) is 3.63. The van der Waals surface area contributed by atoms with E-state index < -0.39 is 67.2 Å². The van der Waals surface area contributed by atoms with Crippen molar-refractivity contribution in [3.63, 3.8) is 0 Å². The second kappa shape index (κ2) is 10.2. The highest BCUT2D eigenvalue weighted by atomic mass is 16.7. The van der Waals surface area contributed by atoms with Crippen LogP contribution >= 0.6 is 0 Å². The van der Waals surface area contributed by atoms with Crippen LogP contribution in [0.3, 0.4) is 0 Å². The summed E-state index contributed by atoms with van der Waals surface area (Å²) in [5.41, 5.74) is 6.08. The molecule has 1 aliphatic heterocycles. The highest BCUT2D eigenvalue weighted by Gasteiger charge is 2.47. The number of rotatable bonds is 7. The monoisotopic (exact) mass is 391 g/mol. The summed E-state index contributed by atoms with van der Waals surface area (Å²) in [4.78, 5) is 45.4. The summed E-state index contributed by atoms with van der Waals surface area (Å²) in [7, 11) is 0. The molecule has 11 nitrogen and oxygen atoms in total. The molecule has 27 heavy (non-hydrogen) atoms. The van der Waals surface area contributed by atoms with Crippen molar-refractivity contribution < 1.29 is 48.0 Å². The fourth-order valence-corrected chi connectivity index (χ4v) is 2.69. The summed E-state index contributed by atoms with van der Waals surface area (Å²) in [5, 5.41) is 9.94. The predicted molar refractivity (Wildman–Crippen MR) is 86.8 cm³/mol. The van der Waals surface area contributed by atoms with Gasteiger partial charge in [0.1, 0.15) is 18.8 Å². The van der Waals surface area contributed by atoms with E-state index in [1.807, 2.05) is 0 Å². The Hall–Kier alpha value is -2.24. The standard InChI is InChI=1S/C16H25NO10/c1-7(18)23-6-12(25-9(3)20)15(26-10(4)21)16-14(17)11(24-8(2)19)5-13(22)27-16/h11-16,22H,5-6,17H2,1-4H3/t11?,12-,13+,14+,15-,16?/m0/s1. The Morgan fingerprint density at radius 2 is 1.63 bits per heavy atom. The molecule has 6 atom stereocenters. The van der Waals surface area contributed by atoms with Crippen molar-refractivity contribution in [2.45, 2.75) is 70.9 Å². The van der Waals surface area contributed by atoms with Crippen LogP contribution in [-0.4, -0.2) is 72.3 Å². The van der Waals surface area contributed by atoms with Crippen molar-refractivity contribution in [1.29, 1.82) is 0 Å². The minimum atomic E-state index is -1.37. The quantitative estimate of drug-likeness (QED) is 0.395. The van der Waals surface area contributed by atoms with Crippen LogP contribution < -0.4 is 5.73 Å². The summed E-state index contributed by atoms with van der Waals surface area (Å²) in [6, 6.07) is -1.02. The average molecular weight is 391 g/mol. The Morgan fingerprint density at radius 1 is 1.04 bits per heavy atom. The number of aliphatic hydroxyl groups is 1. The van der Waals surface area contributed by atoms with Crippen LogP contribution in [0.15, 0.2) is 0 Å². The van der Waals surface area contributed by atoms with Gasteiger partial charge in [-0.15, -0.1) is 0 Å². The van der Waals surface area contributed by atoms with Gasteiger partial charge in [-0.05, 0) is 0 Å². The van der Waals surface area contributed by atoms with Gasteiger partial charge in [0, 0.05) is 34.1 Å². The SMILES string of the molecule is CC(=O)OC[C@H](OC(C)=O)[C@H](OC(C)=O)C1O[C@@H](O)CC(OC(C)=O)[C@H]1N. The van der Waals surface area contributed by atoms with E-state index in [9.17, 15) is 24.3 Å². The van der Waals surface area contributed by atoms with Gasteiger partial charge in [-0.25, -0.2) is 0 Å². The van der Waals surface area contributed by atoms with Crippen molar-refractivity contribution in [2.75, 3.05) is 6.61 Å². The minimum absolute atomic E-state index is 0.0911. The molecule has 0 amide bonds. The Balaban J connectivity index is 3.14. The van der Waals surface area contributed by atoms with Crippen LogP contribution in [0.4, 0.5) is 0 Å². The third kappa shape index (κ3) is 7.49. The fourth-order valence-electron chi connectivity index (χ4n) is 2.69. The van der Waals surface area contributed by atoms with E-state index in [4.69, 9.17) is 29.4 Å². The molecule has 1 saturated heterocycles. The van der Waals surface area contributed by atoms with Gasteiger partial charge in [-0.1, -0.05) is 0 Å². The lowest BCUT2D eigenvalue weighted by molar-refractivity contribution is -0.245. The highest BCUT2D eigenvalue weighted by molar-refractivity contribution is 5.68. The number of ether oxygens (including phenoxy) is 5. The normalized spacial score (nSPS) is 27.0. The molecule has 1 fully saturated rings. The number of carbonyl (C=O) groups excluding carboxylic acids is 4.